The van der Waals surface area contributed by atoms with Crippen molar-refractivity contribution in [2.45, 2.75) is 52.2 Å². The second kappa shape index (κ2) is 9.11. The van der Waals surface area contributed by atoms with Crippen molar-refractivity contribution < 1.29 is 19.5 Å². The summed E-state index contributed by atoms with van der Waals surface area (Å²) in [6.45, 7) is 8.87. The number of phenolic OH excluding ortho intramolecular Hbond substituents is 1. The van der Waals surface area contributed by atoms with Gasteiger partial charge in [0.25, 0.3) is 0 Å². The number of carbonyl (C=O) groups is 1. The summed E-state index contributed by atoms with van der Waals surface area (Å²) < 4.78 is 6.32. The van der Waals surface area contributed by atoms with Crippen molar-refractivity contribution >= 4 is 6.09 Å². The fourth-order valence-corrected chi connectivity index (χ4v) is 4.27. The smallest absolute Gasteiger partial charge is 0.428 e. The average Bonchev–Trinajstić information content (AvgIpc) is 2.71. The second-order valence-corrected chi connectivity index (χ2v) is 7.70. The van der Waals surface area contributed by atoms with Crippen molar-refractivity contribution in [2.24, 2.45) is 11.7 Å². The van der Waals surface area contributed by atoms with Crippen molar-refractivity contribution in [3.63, 3.8) is 0 Å². The summed E-state index contributed by atoms with van der Waals surface area (Å²) in [5.41, 5.74) is 8.82. The normalized spacial score (nSPS) is 23.3. The molecule has 1 aromatic carbocycles. The number of carbonyl (C=O) groups excluding carboxylic acids is 1. The topological polar surface area (TPSA) is 88.3 Å². The molecule has 0 radical (unpaired) electrons. The molecule has 0 aliphatic carbocycles. The SMILES string of the molecule is CCN(CC)C(=O)ON1CCC([C@@H]2Cc3c(ccc(C)c3O)[C@H](CN)O2)CC1. The van der Waals surface area contributed by atoms with E-state index in [1.165, 1.54) is 0 Å². The zero-order valence-electron chi connectivity index (χ0n) is 17.2. The summed E-state index contributed by atoms with van der Waals surface area (Å²) in [6.07, 6.45) is 2.02. The van der Waals surface area contributed by atoms with Crippen LogP contribution >= 0.6 is 0 Å². The van der Waals surface area contributed by atoms with Gasteiger partial charge in [0.05, 0.1) is 12.2 Å². The standard InChI is InChI=1S/C21H33N3O4/c1-4-23(5-2)21(26)28-24-10-8-15(9-11-24)18-12-17-16(19(13-22)27-18)7-6-14(3)20(17)25/h6-7,15,18-19,25H,4-5,8-13,22H2,1-3H3/t18-,19-/m0/s1. The van der Waals surface area contributed by atoms with E-state index in [1.54, 1.807) is 9.96 Å². The van der Waals surface area contributed by atoms with Gasteiger partial charge in [-0.3, -0.25) is 0 Å². The van der Waals surface area contributed by atoms with Gasteiger partial charge in [0.2, 0.25) is 0 Å². The molecular weight excluding hydrogens is 358 g/mol. The monoisotopic (exact) mass is 391 g/mol. The van der Waals surface area contributed by atoms with Gasteiger partial charge >= 0.3 is 6.09 Å². The first-order valence-electron chi connectivity index (χ1n) is 10.4. The molecule has 0 spiro atoms. The van der Waals surface area contributed by atoms with Crippen LogP contribution in [-0.2, 0) is 16.0 Å². The van der Waals surface area contributed by atoms with E-state index in [2.05, 4.69) is 0 Å². The number of benzene rings is 1. The van der Waals surface area contributed by atoms with Crippen LogP contribution in [0, 0.1) is 12.8 Å². The molecule has 1 fully saturated rings. The molecule has 7 nitrogen and oxygen atoms in total. The number of hydroxylamine groups is 2. The highest BCUT2D eigenvalue weighted by Gasteiger charge is 2.36. The number of nitrogens with two attached hydrogens (primary N) is 1. The number of piperidine rings is 1. The number of amides is 1. The Hall–Kier alpha value is -1.83. The number of ether oxygens (including phenoxy) is 1. The lowest BCUT2D eigenvalue weighted by atomic mass is 9.83. The van der Waals surface area contributed by atoms with Gasteiger partial charge in [-0.15, -0.1) is 5.06 Å². The molecule has 1 saturated heterocycles. The Balaban J connectivity index is 1.62. The molecule has 2 aliphatic heterocycles. The lowest BCUT2D eigenvalue weighted by molar-refractivity contribution is -0.144. The van der Waals surface area contributed by atoms with E-state index in [4.69, 9.17) is 15.3 Å². The number of aryl methyl sites for hydroxylation is 1. The molecule has 1 aromatic rings. The summed E-state index contributed by atoms with van der Waals surface area (Å²) in [6, 6.07) is 3.94. The zero-order chi connectivity index (χ0) is 20.3. The number of rotatable bonds is 5. The summed E-state index contributed by atoms with van der Waals surface area (Å²) in [5, 5.41) is 12.3. The average molecular weight is 392 g/mol. The van der Waals surface area contributed by atoms with Crippen LogP contribution < -0.4 is 5.73 Å². The van der Waals surface area contributed by atoms with E-state index < -0.39 is 0 Å². The molecule has 3 rings (SSSR count). The van der Waals surface area contributed by atoms with Crippen molar-refractivity contribution in [3.05, 3.63) is 28.8 Å². The molecule has 2 atom stereocenters. The molecule has 156 valence electrons. The second-order valence-electron chi connectivity index (χ2n) is 7.70. The number of nitrogens with zero attached hydrogens (tertiary/aromatic N) is 2. The number of aromatic hydroxyl groups is 1. The van der Waals surface area contributed by atoms with Crippen molar-refractivity contribution in [1.29, 1.82) is 0 Å². The Kier molecular flexibility index (Phi) is 6.80. The highest BCUT2D eigenvalue weighted by atomic mass is 16.7. The third-order valence-corrected chi connectivity index (χ3v) is 6.08. The van der Waals surface area contributed by atoms with Crippen LogP contribution in [0.1, 0.15) is 49.5 Å². The summed E-state index contributed by atoms with van der Waals surface area (Å²) in [7, 11) is 0. The maximum absolute atomic E-state index is 12.1. The predicted molar refractivity (Wildman–Crippen MR) is 107 cm³/mol. The molecule has 7 heteroatoms. The third kappa shape index (κ3) is 4.26. The number of fused-ring (bicyclic) bond motifs is 1. The van der Waals surface area contributed by atoms with Gasteiger partial charge < -0.3 is 25.3 Å². The van der Waals surface area contributed by atoms with E-state index in [9.17, 15) is 9.90 Å². The first kappa shape index (κ1) is 20.9. The first-order valence-corrected chi connectivity index (χ1v) is 10.4. The Morgan fingerprint density at radius 2 is 2.00 bits per heavy atom. The molecule has 3 N–H and O–H groups in total. The Bertz CT molecular complexity index is 684. The first-order chi connectivity index (χ1) is 13.5. The Labute approximate surface area is 167 Å². The minimum Gasteiger partial charge on any atom is -0.507 e. The lowest BCUT2D eigenvalue weighted by Crippen LogP contribution is -2.44. The number of hydrogen-bond acceptors (Lipinski definition) is 6. The molecule has 0 bridgehead atoms. The number of hydrogen-bond donors (Lipinski definition) is 2. The van der Waals surface area contributed by atoms with E-state index in [0.29, 0.717) is 50.8 Å². The largest absolute Gasteiger partial charge is 0.507 e. The molecule has 0 aromatic heterocycles. The van der Waals surface area contributed by atoms with Gasteiger partial charge in [0.15, 0.2) is 0 Å². The van der Waals surface area contributed by atoms with E-state index in [1.807, 2.05) is 32.9 Å². The summed E-state index contributed by atoms with van der Waals surface area (Å²) in [4.78, 5) is 19.3. The highest BCUT2D eigenvalue weighted by Crippen LogP contribution is 2.40. The van der Waals surface area contributed by atoms with Crippen molar-refractivity contribution in [3.8, 4) is 5.75 Å². The highest BCUT2D eigenvalue weighted by molar-refractivity contribution is 5.67. The van der Waals surface area contributed by atoms with Gasteiger partial charge in [-0.05, 0) is 50.7 Å². The Morgan fingerprint density at radius 1 is 1.32 bits per heavy atom. The van der Waals surface area contributed by atoms with E-state index in [-0.39, 0.29) is 18.3 Å². The maximum Gasteiger partial charge on any atom is 0.428 e. The van der Waals surface area contributed by atoms with Gasteiger partial charge in [-0.1, -0.05) is 12.1 Å². The quantitative estimate of drug-likeness (QED) is 0.802. The number of phenols is 1. The maximum atomic E-state index is 12.1. The van der Waals surface area contributed by atoms with Crippen LogP contribution in [0.3, 0.4) is 0 Å². The van der Waals surface area contributed by atoms with Gasteiger partial charge in [0.1, 0.15) is 5.75 Å². The van der Waals surface area contributed by atoms with Gasteiger partial charge in [0, 0.05) is 44.7 Å². The van der Waals surface area contributed by atoms with Crippen LogP contribution in [0.4, 0.5) is 4.79 Å². The minimum absolute atomic E-state index is 0.0226. The summed E-state index contributed by atoms with van der Waals surface area (Å²) >= 11 is 0. The molecule has 0 unspecified atom stereocenters. The lowest BCUT2D eigenvalue weighted by Gasteiger charge is -2.40. The molecule has 0 saturated carbocycles. The molecular formula is C21H33N3O4. The predicted octanol–water partition coefficient (Wildman–Crippen LogP) is 2.75. The van der Waals surface area contributed by atoms with Crippen LogP contribution in [-0.4, -0.2) is 60.0 Å². The van der Waals surface area contributed by atoms with Gasteiger partial charge in [-0.25, -0.2) is 4.79 Å². The third-order valence-electron chi connectivity index (χ3n) is 6.08. The molecule has 1 amide bonds. The fourth-order valence-electron chi connectivity index (χ4n) is 4.27. The molecule has 2 heterocycles. The molecule has 28 heavy (non-hydrogen) atoms. The van der Waals surface area contributed by atoms with E-state index >= 15 is 0 Å². The van der Waals surface area contributed by atoms with E-state index in [0.717, 1.165) is 29.5 Å². The summed E-state index contributed by atoms with van der Waals surface area (Å²) in [5.74, 6) is 0.723. The van der Waals surface area contributed by atoms with Crippen molar-refractivity contribution in [1.82, 2.24) is 9.96 Å². The zero-order valence-corrected chi connectivity index (χ0v) is 17.2. The fraction of sp³-hybridized carbons (Fsp3) is 0.667. The van der Waals surface area contributed by atoms with Crippen LogP contribution in [0.15, 0.2) is 12.1 Å². The van der Waals surface area contributed by atoms with Crippen LogP contribution in [0.5, 0.6) is 5.75 Å². The Morgan fingerprint density at radius 3 is 2.61 bits per heavy atom. The van der Waals surface area contributed by atoms with Gasteiger partial charge in [-0.2, -0.15) is 0 Å². The van der Waals surface area contributed by atoms with Crippen LogP contribution in [0.2, 0.25) is 0 Å². The minimum atomic E-state index is -0.283. The van der Waals surface area contributed by atoms with Crippen LogP contribution in [0.25, 0.3) is 0 Å². The molecule has 2 aliphatic rings. The van der Waals surface area contributed by atoms with Crippen molar-refractivity contribution in [2.75, 3.05) is 32.7 Å².